The standard InChI is InChI=1S/C31H35N3O2S2/c1-2-37-31-32-22-30(34(31)28-16-10-5-11-17-28)27-18-20-29(21-19-27)38(35,36)33(23-25-12-6-3-7-13-25)24-26-14-8-4-9-15-26/h3-4,6-9,12-15,18-22,28H,2,5,10-11,16-17,23-24H2,1H3. The van der Waals surface area contributed by atoms with Crippen LogP contribution in [0.5, 0.6) is 0 Å². The van der Waals surface area contributed by atoms with Gasteiger partial charge in [-0.1, -0.05) is 111 Å². The van der Waals surface area contributed by atoms with Crippen molar-refractivity contribution >= 4 is 21.8 Å². The Morgan fingerprint density at radius 1 is 0.842 bits per heavy atom. The second-order valence-corrected chi connectivity index (χ2v) is 13.0. The Bertz CT molecular complexity index is 1370. The first-order valence-corrected chi connectivity index (χ1v) is 15.9. The van der Waals surface area contributed by atoms with Crippen molar-refractivity contribution in [1.29, 1.82) is 0 Å². The number of rotatable bonds is 10. The van der Waals surface area contributed by atoms with Gasteiger partial charge in [0.2, 0.25) is 10.0 Å². The van der Waals surface area contributed by atoms with Gasteiger partial charge in [-0.25, -0.2) is 13.4 Å². The van der Waals surface area contributed by atoms with Crippen LogP contribution in [-0.4, -0.2) is 28.0 Å². The van der Waals surface area contributed by atoms with Gasteiger partial charge >= 0.3 is 0 Å². The normalized spacial score (nSPS) is 14.7. The maximum absolute atomic E-state index is 13.9. The van der Waals surface area contributed by atoms with Crippen molar-refractivity contribution < 1.29 is 8.42 Å². The lowest BCUT2D eigenvalue weighted by atomic mass is 9.95. The summed E-state index contributed by atoms with van der Waals surface area (Å²) in [5.41, 5.74) is 3.99. The fourth-order valence-electron chi connectivity index (χ4n) is 5.23. The monoisotopic (exact) mass is 545 g/mol. The summed E-state index contributed by atoms with van der Waals surface area (Å²) in [4.78, 5) is 5.06. The molecular weight excluding hydrogens is 510 g/mol. The lowest BCUT2D eigenvalue weighted by Crippen LogP contribution is -2.30. The van der Waals surface area contributed by atoms with Crippen LogP contribution < -0.4 is 0 Å². The Hall–Kier alpha value is -2.87. The highest BCUT2D eigenvalue weighted by Gasteiger charge is 2.26. The van der Waals surface area contributed by atoms with Crippen molar-refractivity contribution in [3.63, 3.8) is 0 Å². The van der Waals surface area contributed by atoms with Gasteiger partial charge in [-0.05, 0) is 47.4 Å². The maximum Gasteiger partial charge on any atom is 0.243 e. The van der Waals surface area contributed by atoms with Crippen LogP contribution in [0.25, 0.3) is 11.3 Å². The summed E-state index contributed by atoms with van der Waals surface area (Å²) in [6.07, 6.45) is 8.07. The highest BCUT2D eigenvalue weighted by atomic mass is 32.2. The molecule has 0 unspecified atom stereocenters. The molecule has 1 aromatic heterocycles. The zero-order valence-electron chi connectivity index (χ0n) is 21.9. The zero-order chi connectivity index (χ0) is 26.4. The van der Waals surface area contributed by atoms with Gasteiger partial charge in [-0.3, -0.25) is 0 Å². The van der Waals surface area contributed by atoms with E-state index in [1.807, 2.05) is 79.0 Å². The van der Waals surface area contributed by atoms with E-state index in [1.165, 1.54) is 32.1 Å². The first-order chi connectivity index (χ1) is 18.6. The Morgan fingerprint density at radius 3 is 1.97 bits per heavy atom. The van der Waals surface area contributed by atoms with Crippen molar-refractivity contribution in [3.05, 3.63) is 102 Å². The molecule has 0 aliphatic heterocycles. The summed E-state index contributed by atoms with van der Waals surface area (Å²) in [7, 11) is -3.72. The predicted octanol–water partition coefficient (Wildman–Crippen LogP) is 7.56. The predicted molar refractivity (Wildman–Crippen MR) is 155 cm³/mol. The fourth-order valence-corrected chi connectivity index (χ4v) is 7.42. The number of imidazole rings is 1. The topological polar surface area (TPSA) is 55.2 Å². The van der Waals surface area contributed by atoms with Gasteiger partial charge in [0.1, 0.15) is 0 Å². The summed E-state index contributed by atoms with van der Waals surface area (Å²) in [5, 5.41) is 1.06. The molecular formula is C31H35N3O2S2. The minimum atomic E-state index is -3.72. The largest absolute Gasteiger partial charge is 0.316 e. The average Bonchev–Trinajstić information content (AvgIpc) is 3.38. The lowest BCUT2D eigenvalue weighted by Gasteiger charge is -2.26. The third kappa shape index (κ3) is 6.06. The van der Waals surface area contributed by atoms with Gasteiger partial charge < -0.3 is 4.57 Å². The molecule has 5 rings (SSSR count). The summed E-state index contributed by atoms with van der Waals surface area (Å²) in [6.45, 7) is 2.78. The van der Waals surface area contributed by atoms with Gasteiger partial charge in [0.15, 0.2) is 5.16 Å². The van der Waals surface area contributed by atoms with Crippen LogP contribution >= 0.6 is 11.8 Å². The molecule has 1 aliphatic rings. The number of hydrogen-bond donors (Lipinski definition) is 0. The number of aromatic nitrogens is 2. The molecule has 3 aromatic carbocycles. The van der Waals surface area contributed by atoms with E-state index in [2.05, 4.69) is 11.5 Å². The summed E-state index contributed by atoms with van der Waals surface area (Å²) >= 11 is 1.77. The molecule has 4 aromatic rings. The molecule has 38 heavy (non-hydrogen) atoms. The molecule has 0 atom stereocenters. The minimum Gasteiger partial charge on any atom is -0.316 e. The molecule has 1 aliphatic carbocycles. The SMILES string of the molecule is CCSc1ncc(-c2ccc(S(=O)(=O)N(Cc3ccccc3)Cc3ccccc3)cc2)n1C1CCCCC1. The van der Waals surface area contributed by atoms with E-state index in [0.29, 0.717) is 24.0 Å². The van der Waals surface area contributed by atoms with Crippen LogP contribution in [0, 0.1) is 0 Å². The smallest absolute Gasteiger partial charge is 0.243 e. The van der Waals surface area contributed by atoms with Crippen LogP contribution in [0.2, 0.25) is 0 Å². The minimum absolute atomic E-state index is 0.306. The summed E-state index contributed by atoms with van der Waals surface area (Å²) < 4.78 is 31.8. The molecule has 7 heteroatoms. The van der Waals surface area contributed by atoms with E-state index in [1.54, 1.807) is 28.2 Å². The van der Waals surface area contributed by atoms with Crippen molar-refractivity contribution in [3.8, 4) is 11.3 Å². The third-order valence-electron chi connectivity index (χ3n) is 7.17. The van der Waals surface area contributed by atoms with E-state index in [0.717, 1.165) is 33.3 Å². The fraction of sp³-hybridized carbons (Fsp3) is 0.323. The molecule has 198 valence electrons. The van der Waals surface area contributed by atoms with E-state index >= 15 is 0 Å². The van der Waals surface area contributed by atoms with Gasteiger partial charge in [-0.2, -0.15) is 4.31 Å². The van der Waals surface area contributed by atoms with Crippen LogP contribution in [0.15, 0.2) is 101 Å². The van der Waals surface area contributed by atoms with Crippen LogP contribution in [0.1, 0.15) is 56.2 Å². The van der Waals surface area contributed by atoms with Crippen molar-refractivity contribution in [1.82, 2.24) is 13.9 Å². The van der Waals surface area contributed by atoms with E-state index in [4.69, 9.17) is 4.98 Å². The molecule has 0 bridgehead atoms. The Balaban J connectivity index is 1.45. The summed E-state index contributed by atoms with van der Waals surface area (Å²) in [6, 6.07) is 27.4. The zero-order valence-corrected chi connectivity index (χ0v) is 23.5. The second kappa shape index (κ2) is 12.3. The number of thioether (sulfide) groups is 1. The Kier molecular flexibility index (Phi) is 8.67. The highest BCUT2D eigenvalue weighted by Crippen LogP contribution is 2.37. The number of nitrogens with zero attached hydrogens (tertiary/aromatic N) is 3. The van der Waals surface area contributed by atoms with Crippen LogP contribution in [0.4, 0.5) is 0 Å². The molecule has 1 fully saturated rings. The van der Waals surface area contributed by atoms with E-state index in [9.17, 15) is 8.42 Å². The second-order valence-electron chi connectivity index (χ2n) is 9.79. The quantitative estimate of drug-likeness (QED) is 0.193. The van der Waals surface area contributed by atoms with Crippen LogP contribution in [-0.2, 0) is 23.1 Å². The van der Waals surface area contributed by atoms with Gasteiger partial charge in [0, 0.05) is 19.1 Å². The molecule has 1 saturated carbocycles. The summed E-state index contributed by atoms with van der Waals surface area (Å²) in [5.74, 6) is 0.971. The highest BCUT2D eigenvalue weighted by molar-refractivity contribution is 7.99. The molecule has 0 radical (unpaired) electrons. The maximum atomic E-state index is 13.9. The third-order valence-corrected chi connectivity index (χ3v) is 9.82. The average molecular weight is 546 g/mol. The van der Waals surface area contributed by atoms with Gasteiger partial charge in [0.05, 0.1) is 16.8 Å². The van der Waals surface area contributed by atoms with Crippen LogP contribution in [0.3, 0.4) is 0 Å². The van der Waals surface area contributed by atoms with E-state index < -0.39 is 10.0 Å². The first kappa shape index (κ1) is 26.7. The molecule has 1 heterocycles. The molecule has 5 nitrogen and oxygen atoms in total. The van der Waals surface area contributed by atoms with Crippen molar-refractivity contribution in [2.24, 2.45) is 0 Å². The van der Waals surface area contributed by atoms with Crippen molar-refractivity contribution in [2.45, 2.75) is 68.2 Å². The first-order valence-electron chi connectivity index (χ1n) is 13.4. The Labute approximate surface area is 231 Å². The lowest BCUT2D eigenvalue weighted by molar-refractivity contribution is 0.339. The van der Waals surface area contributed by atoms with E-state index in [-0.39, 0.29) is 0 Å². The molecule has 0 saturated heterocycles. The molecule has 0 spiro atoms. The number of hydrogen-bond acceptors (Lipinski definition) is 4. The molecule has 0 N–H and O–H groups in total. The van der Waals surface area contributed by atoms with Crippen molar-refractivity contribution in [2.75, 3.05) is 5.75 Å². The van der Waals surface area contributed by atoms with Gasteiger partial charge in [0.25, 0.3) is 0 Å². The Morgan fingerprint density at radius 2 is 1.42 bits per heavy atom. The number of benzene rings is 3. The molecule has 0 amide bonds. The van der Waals surface area contributed by atoms with Gasteiger partial charge in [-0.15, -0.1) is 0 Å². The number of sulfonamides is 1.